The van der Waals surface area contributed by atoms with E-state index in [0.717, 1.165) is 78.4 Å². The highest BCUT2D eigenvalue weighted by Crippen LogP contribution is 2.37. The van der Waals surface area contributed by atoms with E-state index >= 15 is 0 Å². The van der Waals surface area contributed by atoms with Gasteiger partial charge < -0.3 is 41.9 Å². The average Bonchev–Trinajstić information content (AvgIpc) is 0.860. The van der Waals surface area contributed by atoms with Crippen LogP contribution in [-0.4, -0.2) is 96.1 Å². The number of fused-ring (bicyclic) bond motifs is 7. The average molecular weight is 1630 g/mol. The molecule has 596 valence electrons. The van der Waals surface area contributed by atoms with E-state index < -0.39 is 23.3 Å². The van der Waals surface area contributed by atoms with Gasteiger partial charge in [0.15, 0.2) is 23.1 Å². The number of anilines is 5. The minimum atomic E-state index is -0.588. The molecule has 8 aromatic carbocycles. The number of amides is 1. The van der Waals surface area contributed by atoms with Gasteiger partial charge in [0.05, 0.1) is 121 Å². The summed E-state index contributed by atoms with van der Waals surface area (Å²) in [5.74, 6) is 2.07. The van der Waals surface area contributed by atoms with Gasteiger partial charge in [-0.05, 0) is 161 Å². The molecule has 1 aliphatic heterocycles. The van der Waals surface area contributed by atoms with Gasteiger partial charge in [-0.25, -0.2) is 54.2 Å². The molecule has 1 amide bonds. The molecular weight excluding hydrogens is 1560 g/mol. The number of rotatable bonds is 17. The van der Waals surface area contributed by atoms with Gasteiger partial charge in [-0.15, -0.1) is 0 Å². The van der Waals surface area contributed by atoms with Crippen LogP contribution >= 0.6 is 23.2 Å². The molecule has 0 aliphatic carbocycles. The number of aryl methyl sites for hydroxylation is 2. The van der Waals surface area contributed by atoms with E-state index in [1.807, 2.05) is 147 Å². The molecule has 10 aromatic heterocycles. The van der Waals surface area contributed by atoms with Crippen molar-refractivity contribution in [2.24, 2.45) is 0 Å². The number of halogens is 3. The Kier molecular flexibility index (Phi) is 22.9. The van der Waals surface area contributed by atoms with Crippen molar-refractivity contribution in [2.45, 2.75) is 72.1 Å². The third-order valence-electron chi connectivity index (χ3n) is 20.3. The fraction of sp³-hybridized carbons (Fsp3) is 0.133. The monoisotopic (exact) mass is 1630 g/mol. The Morgan fingerprint density at radius 3 is 1.88 bits per heavy atom. The molecule has 4 atom stereocenters. The number of aromatic nitrogens is 17. The standard InChI is InChI=1S/C24H20FN5O.C22H19ClN6O.C22H18ClN5O2.C22H19N7/c1-2-17(28-20-13-7-12-19-22(20)27-14-26-19)23-29-18-11-6-10-16(25)21(18)24(31)30(23)15-8-4-3-5-9-15;1-13(28-21-19-20(25-11-24-19)26-12-27-21)17-10-14-6-5-9-16(23)18(14)22(30)29(17)15-7-3-2-4-8-15;1-13-19(25-12-11-24-13)21(29)26-14(2)20-27-17-10-6-9-16(23)18(17)22(30)28(20)15-7-4-3-5-8-15;1-13-6-7-15-10-16(19(29-18(15)9-13)17-5-3-4-8-23-17)14(2)28-22-20-21(25-11-24-20)26-12-27-22/h3-14,17,28H,2H2,1H3,(H,26,27);2-10,12-13,24H,11H2,1H3,(H2,25,26,27,28);3-12,14H,1-2H3,(H,26,29);3-12,14H,1-2H3,(H2,24,25,26,27,28)/t17-;13-;2*14-/m0000/s1. The number of imidazole rings is 2. The van der Waals surface area contributed by atoms with Crippen LogP contribution in [0.15, 0.2) is 271 Å². The lowest BCUT2D eigenvalue weighted by Gasteiger charge is -2.23. The molecule has 0 bridgehead atoms. The summed E-state index contributed by atoms with van der Waals surface area (Å²) in [4.78, 5) is 112. The third-order valence-corrected chi connectivity index (χ3v) is 20.9. The predicted octanol–water partition coefficient (Wildman–Crippen LogP) is 17.4. The summed E-state index contributed by atoms with van der Waals surface area (Å²) in [6.45, 7) is 12.3. The molecular formula is C90H76Cl2FN23O4. The van der Waals surface area contributed by atoms with Crippen LogP contribution in [0, 0.1) is 19.7 Å². The number of nitrogens with zero attached hydrogens (tertiary/aromatic N) is 15. The Labute approximate surface area is 694 Å². The number of hydrogen-bond acceptors (Lipinski definition) is 21. The highest BCUT2D eigenvalue weighted by atomic mass is 35.5. The molecule has 27 nitrogen and oxygen atoms in total. The topological polar surface area (TPSA) is 342 Å². The van der Waals surface area contributed by atoms with Crippen LogP contribution in [0.5, 0.6) is 0 Å². The van der Waals surface area contributed by atoms with Gasteiger partial charge >= 0.3 is 0 Å². The number of hydrogen-bond donors (Lipinski definition) is 8. The molecule has 120 heavy (non-hydrogen) atoms. The van der Waals surface area contributed by atoms with E-state index in [9.17, 15) is 23.6 Å². The van der Waals surface area contributed by atoms with E-state index in [0.29, 0.717) is 90.9 Å². The highest BCUT2D eigenvalue weighted by Gasteiger charge is 2.28. The first-order chi connectivity index (χ1) is 58.5. The van der Waals surface area contributed by atoms with E-state index in [1.165, 1.54) is 45.8 Å². The number of nitrogens with one attached hydrogen (secondary N) is 8. The zero-order valence-electron chi connectivity index (χ0n) is 65.4. The maximum absolute atomic E-state index is 14.6. The minimum Gasteiger partial charge on any atom is -0.373 e. The Bertz CT molecular complexity index is 7040. The van der Waals surface area contributed by atoms with E-state index in [1.54, 1.807) is 85.8 Å². The zero-order chi connectivity index (χ0) is 83.1. The largest absolute Gasteiger partial charge is 0.373 e. The van der Waals surface area contributed by atoms with Crippen LogP contribution < -0.4 is 48.6 Å². The van der Waals surface area contributed by atoms with Gasteiger partial charge in [0.1, 0.15) is 57.9 Å². The van der Waals surface area contributed by atoms with Gasteiger partial charge in [-0.1, -0.05) is 133 Å². The fourth-order valence-electron chi connectivity index (χ4n) is 14.5. The molecule has 19 rings (SSSR count). The Balaban J connectivity index is 0.000000119. The maximum Gasteiger partial charge on any atom is 0.272 e. The molecule has 30 heteroatoms. The lowest BCUT2D eigenvalue weighted by molar-refractivity contribution is 0.0931. The molecule has 0 unspecified atom stereocenters. The van der Waals surface area contributed by atoms with Gasteiger partial charge in [0.2, 0.25) is 0 Å². The Hall–Kier alpha value is -15.0. The van der Waals surface area contributed by atoms with Crippen LogP contribution in [0.2, 0.25) is 10.0 Å². The summed E-state index contributed by atoms with van der Waals surface area (Å²) >= 11 is 12.7. The van der Waals surface area contributed by atoms with Crippen molar-refractivity contribution < 1.29 is 9.18 Å². The second kappa shape index (κ2) is 34.8. The quantitative estimate of drug-likeness (QED) is 0.0420. The normalized spacial score (nSPS) is 12.5. The molecule has 0 saturated heterocycles. The van der Waals surface area contributed by atoms with Crippen molar-refractivity contribution in [3.05, 3.63) is 343 Å². The Morgan fingerprint density at radius 2 is 1.15 bits per heavy atom. The second-order valence-corrected chi connectivity index (χ2v) is 29.0. The predicted molar refractivity (Wildman–Crippen MR) is 469 cm³/mol. The maximum atomic E-state index is 14.6. The van der Waals surface area contributed by atoms with Gasteiger partial charge in [-0.3, -0.25) is 42.8 Å². The lowest BCUT2D eigenvalue weighted by Crippen LogP contribution is -2.34. The molecule has 8 N–H and O–H groups in total. The Morgan fingerprint density at radius 1 is 0.517 bits per heavy atom. The van der Waals surface area contributed by atoms with Gasteiger partial charge in [-0.2, -0.15) is 0 Å². The number of carbonyl (C=O) groups is 1. The van der Waals surface area contributed by atoms with E-state index in [-0.39, 0.29) is 40.3 Å². The summed E-state index contributed by atoms with van der Waals surface area (Å²) in [7, 11) is 0. The summed E-state index contributed by atoms with van der Waals surface area (Å²) in [6, 6.07) is 64.0. The van der Waals surface area contributed by atoms with Crippen LogP contribution in [0.1, 0.15) is 103 Å². The van der Waals surface area contributed by atoms with Gasteiger partial charge in [0, 0.05) is 40.9 Å². The number of benzene rings is 8. The van der Waals surface area contributed by atoms with Crippen LogP contribution in [0.25, 0.3) is 94.1 Å². The third kappa shape index (κ3) is 16.2. The molecule has 0 spiro atoms. The first-order valence-corrected chi connectivity index (χ1v) is 39.2. The zero-order valence-corrected chi connectivity index (χ0v) is 67.0. The van der Waals surface area contributed by atoms with Crippen molar-refractivity contribution in [3.8, 4) is 28.5 Å². The fourth-order valence-corrected chi connectivity index (χ4v) is 15.0. The number of H-pyrrole nitrogens is 2. The van der Waals surface area contributed by atoms with E-state index in [2.05, 4.69) is 130 Å². The first-order valence-electron chi connectivity index (χ1n) is 38.5. The minimum absolute atomic E-state index is 0.0145. The van der Waals surface area contributed by atoms with Crippen molar-refractivity contribution in [1.29, 1.82) is 0 Å². The van der Waals surface area contributed by atoms with Crippen LogP contribution in [0.3, 0.4) is 0 Å². The van der Waals surface area contributed by atoms with Crippen LogP contribution in [-0.2, 0) is 0 Å². The highest BCUT2D eigenvalue weighted by molar-refractivity contribution is 6.35. The summed E-state index contributed by atoms with van der Waals surface area (Å²) in [5, 5.41) is 23.2. The SMILES string of the molecule is CC[C@H](Nc1cccc2[nH]cnc12)c1nc2cccc(F)c2c(=O)n1-c1ccccc1.C[C@H](Nc1ncnc2c1NCN2)c1cc2cccc(Cl)c2c(=O)n1-c1ccccc1.Cc1ccc2cc([C@H](C)Nc3ncnc4nc[nH]c34)c(-c3ccccn3)nc2c1.Cc1nccnc1C(=O)N[C@@H](C)c1nc2cccc(Cl)c2c(=O)n1-c1ccccc1. The molecule has 0 radical (unpaired) electrons. The second-order valence-electron chi connectivity index (χ2n) is 28.2. The molecule has 11 heterocycles. The lowest BCUT2D eigenvalue weighted by atomic mass is 10.0. The molecule has 1 aliphatic rings. The van der Waals surface area contributed by atoms with Crippen molar-refractivity contribution in [3.63, 3.8) is 0 Å². The van der Waals surface area contributed by atoms with Crippen LogP contribution in [0.4, 0.5) is 33.2 Å². The molecule has 0 fully saturated rings. The first kappa shape index (κ1) is 78.8. The number of pyridine rings is 3. The number of carbonyl (C=O) groups excluding carboxylic acids is 1. The molecule has 0 saturated carbocycles. The molecule has 18 aromatic rings. The van der Waals surface area contributed by atoms with Crippen molar-refractivity contribution >= 4 is 124 Å². The van der Waals surface area contributed by atoms with Gasteiger partial charge in [0.25, 0.3) is 22.6 Å². The number of para-hydroxylation sites is 4. The summed E-state index contributed by atoms with van der Waals surface area (Å²) in [6.07, 6.45) is 11.7. The van der Waals surface area contributed by atoms with E-state index in [4.69, 9.17) is 33.2 Å². The summed E-state index contributed by atoms with van der Waals surface area (Å²) < 4.78 is 19.2. The number of aromatic amines is 2. The summed E-state index contributed by atoms with van der Waals surface area (Å²) in [5.41, 5.74) is 13.2. The van der Waals surface area contributed by atoms with Crippen molar-refractivity contribution in [2.75, 3.05) is 33.3 Å². The van der Waals surface area contributed by atoms with Crippen molar-refractivity contribution in [1.82, 2.24) is 88.8 Å². The smallest absolute Gasteiger partial charge is 0.272 e.